The highest BCUT2D eigenvalue weighted by Gasteiger charge is 2.22. The first kappa shape index (κ1) is 91.5. The summed E-state index contributed by atoms with van der Waals surface area (Å²) in [4.78, 5) is 38.2. The summed E-state index contributed by atoms with van der Waals surface area (Å²) in [6, 6.07) is 0. The van der Waals surface area contributed by atoms with Gasteiger partial charge in [0.15, 0.2) is 6.10 Å². The number of phosphoric acid groups is 1. The number of rotatable bonds is 79. The van der Waals surface area contributed by atoms with Gasteiger partial charge >= 0.3 is 11.9 Å². The van der Waals surface area contributed by atoms with E-state index in [1.165, 1.54) is 372 Å². The van der Waals surface area contributed by atoms with Crippen LogP contribution in [0.4, 0.5) is 0 Å². The third-order valence-corrected chi connectivity index (χ3v) is 20.2. The van der Waals surface area contributed by atoms with Gasteiger partial charge in [0.2, 0.25) is 0 Å². The molecule has 0 aliphatic heterocycles. The fourth-order valence-corrected chi connectivity index (χ4v) is 13.6. The van der Waals surface area contributed by atoms with E-state index in [1.54, 1.807) is 0 Å². The van der Waals surface area contributed by atoms with Crippen molar-refractivity contribution in [2.24, 2.45) is 0 Å². The Bertz CT molecular complexity index is 1610. The molecular formula is C83H162NO8P. The summed E-state index contributed by atoms with van der Waals surface area (Å²) in [5.41, 5.74) is 0. The number of likely N-dealkylation sites (N-methyl/N-ethyl adjacent to an activating group) is 1. The summed E-state index contributed by atoms with van der Waals surface area (Å²) in [7, 11) is 1.20. The molecular weight excluding hydrogens is 1170 g/mol. The van der Waals surface area contributed by atoms with E-state index in [1.807, 2.05) is 21.1 Å². The van der Waals surface area contributed by atoms with Gasteiger partial charge in [-0.2, -0.15) is 0 Å². The van der Waals surface area contributed by atoms with Gasteiger partial charge in [0.25, 0.3) is 7.82 Å². The average Bonchev–Trinajstić information content (AvgIpc) is 2.01. The molecule has 0 bridgehead atoms. The molecule has 0 aliphatic rings. The second kappa shape index (κ2) is 74.7. The van der Waals surface area contributed by atoms with Crippen LogP contribution in [0.5, 0.6) is 0 Å². The maximum Gasteiger partial charge on any atom is 0.306 e. The van der Waals surface area contributed by atoms with Crippen molar-refractivity contribution >= 4 is 19.8 Å². The van der Waals surface area contributed by atoms with E-state index in [2.05, 4.69) is 38.2 Å². The number of hydrogen-bond donors (Lipinski definition) is 0. The molecule has 0 rings (SSSR count). The first-order chi connectivity index (χ1) is 45.5. The molecule has 0 aliphatic carbocycles. The third-order valence-electron chi connectivity index (χ3n) is 19.2. The molecule has 0 spiro atoms. The van der Waals surface area contributed by atoms with Crippen molar-refractivity contribution in [2.75, 3.05) is 47.5 Å². The van der Waals surface area contributed by atoms with Gasteiger partial charge in [0.05, 0.1) is 27.7 Å². The van der Waals surface area contributed by atoms with E-state index in [0.717, 1.165) is 38.5 Å². The molecule has 0 aromatic carbocycles. The molecule has 2 unspecified atom stereocenters. The van der Waals surface area contributed by atoms with Crippen LogP contribution in [0.2, 0.25) is 0 Å². The van der Waals surface area contributed by atoms with Crippen LogP contribution in [0.15, 0.2) is 24.3 Å². The predicted molar refractivity (Wildman–Crippen MR) is 402 cm³/mol. The fourth-order valence-electron chi connectivity index (χ4n) is 12.9. The van der Waals surface area contributed by atoms with E-state index in [4.69, 9.17) is 18.5 Å². The van der Waals surface area contributed by atoms with E-state index in [9.17, 15) is 19.0 Å². The molecule has 0 heterocycles. The van der Waals surface area contributed by atoms with Gasteiger partial charge in [0.1, 0.15) is 19.8 Å². The molecule has 0 radical (unpaired) electrons. The summed E-state index contributed by atoms with van der Waals surface area (Å²) in [6.45, 7) is 4.33. The quantitative estimate of drug-likeness (QED) is 0.0195. The number of carbonyl (C=O) groups is 2. The lowest BCUT2D eigenvalue weighted by molar-refractivity contribution is -0.870. The van der Waals surface area contributed by atoms with E-state index >= 15 is 0 Å². The van der Waals surface area contributed by atoms with Crippen LogP contribution in [0.25, 0.3) is 0 Å². The van der Waals surface area contributed by atoms with Crippen LogP contribution in [-0.4, -0.2) is 70.0 Å². The second-order valence-corrected chi connectivity index (χ2v) is 31.3. The molecule has 0 fully saturated rings. The van der Waals surface area contributed by atoms with Gasteiger partial charge in [-0.05, 0) is 44.9 Å². The molecule has 0 amide bonds. The van der Waals surface area contributed by atoms with Gasteiger partial charge in [-0.3, -0.25) is 14.2 Å². The van der Waals surface area contributed by atoms with E-state index in [-0.39, 0.29) is 32.0 Å². The Hall–Kier alpha value is -1.51. The number of carbonyl (C=O) groups excluding carboxylic acids is 2. The van der Waals surface area contributed by atoms with Gasteiger partial charge in [0, 0.05) is 12.8 Å². The summed E-state index contributed by atoms with van der Waals surface area (Å²) in [5, 5.41) is 0. The lowest BCUT2D eigenvalue weighted by atomic mass is 10.0. The minimum atomic E-state index is -4.64. The number of allylic oxidation sites excluding steroid dienone is 4. The van der Waals surface area contributed by atoms with Crippen LogP contribution in [0, 0.1) is 0 Å². The average molecular weight is 1330 g/mol. The lowest BCUT2D eigenvalue weighted by Crippen LogP contribution is -2.37. The minimum absolute atomic E-state index is 0.0259. The zero-order chi connectivity index (χ0) is 67.6. The van der Waals surface area contributed by atoms with Crippen molar-refractivity contribution in [3.8, 4) is 0 Å². The highest BCUT2D eigenvalue weighted by Crippen LogP contribution is 2.38. The van der Waals surface area contributed by atoms with Gasteiger partial charge in [-0.25, -0.2) is 0 Å². The largest absolute Gasteiger partial charge is 0.756 e. The number of phosphoric ester groups is 1. The summed E-state index contributed by atoms with van der Waals surface area (Å²) in [6.07, 6.45) is 96.1. The Kier molecular flexibility index (Phi) is 73.5. The van der Waals surface area contributed by atoms with Crippen molar-refractivity contribution in [1.29, 1.82) is 0 Å². The highest BCUT2D eigenvalue weighted by molar-refractivity contribution is 7.45. The zero-order valence-corrected chi connectivity index (χ0v) is 64.1. The number of unbranched alkanes of at least 4 members (excludes halogenated alkanes) is 61. The molecule has 9 nitrogen and oxygen atoms in total. The first-order valence-corrected chi connectivity index (χ1v) is 43.0. The Balaban J connectivity index is 3.87. The van der Waals surface area contributed by atoms with Crippen molar-refractivity contribution in [1.82, 2.24) is 0 Å². The molecule has 10 heteroatoms. The number of quaternary nitrogens is 1. The Labute approximate surface area is 580 Å². The fraction of sp³-hybridized carbons (Fsp3) is 0.928. The lowest BCUT2D eigenvalue weighted by Gasteiger charge is -2.28. The molecule has 0 aromatic rings. The first-order valence-electron chi connectivity index (χ1n) is 41.5. The van der Waals surface area contributed by atoms with Crippen molar-refractivity contribution in [3.63, 3.8) is 0 Å². The number of nitrogens with zero attached hydrogens (tertiary/aromatic N) is 1. The normalized spacial score (nSPS) is 13.1. The third kappa shape index (κ3) is 79.4. The number of ether oxygens (including phenoxy) is 2. The zero-order valence-electron chi connectivity index (χ0n) is 63.3. The van der Waals surface area contributed by atoms with Crippen LogP contribution >= 0.6 is 7.82 Å². The van der Waals surface area contributed by atoms with E-state index < -0.39 is 26.5 Å². The van der Waals surface area contributed by atoms with Crippen LogP contribution in [0.1, 0.15) is 444 Å². The van der Waals surface area contributed by atoms with Crippen molar-refractivity contribution in [2.45, 2.75) is 450 Å². The molecule has 2 atom stereocenters. The maximum atomic E-state index is 12.9. The number of hydrogen-bond acceptors (Lipinski definition) is 8. The van der Waals surface area contributed by atoms with Crippen molar-refractivity contribution in [3.05, 3.63) is 24.3 Å². The Morgan fingerprint density at radius 3 is 0.849 bits per heavy atom. The molecule has 0 saturated heterocycles. The Morgan fingerprint density at radius 1 is 0.333 bits per heavy atom. The van der Waals surface area contributed by atoms with Crippen molar-refractivity contribution < 1.29 is 42.1 Å². The van der Waals surface area contributed by atoms with Gasteiger partial charge in [-0.1, -0.05) is 411 Å². The topological polar surface area (TPSA) is 111 Å². The molecule has 0 aromatic heterocycles. The molecule has 0 saturated carbocycles. The van der Waals surface area contributed by atoms with Crippen LogP contribution in [0.3, 0.4) is 0 Å². The maximum absolute atomic E-state index is 12.9. The predicted octanol–water partition coefficient (Wildman–Crippen LogP) is 26.9. The summed E-state index contributed by atoms with van der Waals surface area (Å²) >= 11 is 0. The molecule has 552 valence electrons. The second-order valence-electron chi connectivity index (χ2n) is 29.9. The SMILES string of the molecule is CCCCCCC/C=C\C/C=C\CCCCCCCCCCCCCCCCCCCCCCCCCCCCCC(=O)OC(COC(=O)CCCCCCCCCCCCCCCCCCCCCCCCCCCCCCCC)COP(=O)([O-])OCC[N+](C)(C)C. The van der Waals surface area contributed by atoms with Crippen LogP contribution < -0.4 is 4.89 Å². The number of esters is 2. The van der Waals surface area contributed by atoms with Gasteiger partial charge < -0.3 is 27.9 Å². The monoisotopic (exact) mass is 1330 g/mol. The van der Waals surface area contributed by atoms with E-state index in [0.29, 0.717) is 17.4 Å². The van der Waals surface area contributed by atoms with Crippen LogP contribution in [-0.2, 0) is 32.7 Å². The highest BCUT2D eigenvalue weighted by atomic mass is 31.2. The standard InChI is InChI=1S/C83H162NO8P/c1-6-8-10-12-14-16-18-20-22-24-26-28-30-32-34-36-38-39-40-41-42-43-44-45-46-48-50-52-54-56-58-60-62-64-66-68-70-72-74-76-83(86)92-81(80-91-93(87,88)90-78-77-84(3,4)5)79-89-82(85)75-73-71-69-67-65-63-61-59-57-55-53-51-49-47-37-35-33-31-29-27-25-23-21-19-17-15-13-11-9-7-2/h18,20,24,26,81H,6-17,19,21-23,25,27-80H2,1-5H3/b20-18-,26-24-. The Morgan fingerprint density at radius 2 is 0.581 bits per heavy atom. The van der Waals surface area contributed by atoms with Gasteiger partial charge in [-0.15, -0.1) is 0 Å². The minimum Gasteiger partial charge on any atom is -0.756 e. The molecule has 93 heavy (non-hydrogen) atoms. The smallest absolute Gasteiger partial charge is 0.306 e. The molecule has 0 N–H and O–H groups in total. The summed E-state index contributed by atoms with van der Waals surface area (Å²) in [5.74, 6) is -0.803. The summed E-state index contributed by atoms with van der Waals surface area (Å²) < 4.78 is 34.4.